The van der Waals surface area contributed by atoms with Crippen molar-refractivity contribution in [1.82, 2.24) is 10.6 Å². The van der Waals surface area contributed by atoms with Gasteiger partial charge in [0.2, 0.25) is 0 Å². The van der Waals surface area contributed by atoms with Gasteiger partial charge in [-0.25, -0.2) is 0 Å². The van der Waals surface area contributed by atoms with E-state index >= 15 is 0 Å². The molecule has 2 N–H and O–H groups in total. The fraction of sp³-hybridized carbons (Fsp3) is 0.533. The maximum absolute atomic E-state index is 5.71. The molecule has 0 radical (unpaired) electrons. The first kappa shape index (κ1) is 13.7. The molecule has 19 heavy (non-hydrogen) atoms. The Balaban J connectivity index is 1.82. The number of hydrogen-bond acceptors (Lipinski definition) is 4. The molecule has 0 unspecified atom stereocenters. The van der Waals surface area contributed by atoms with Crippen LogP contribution in [0, 0.1) is 0 Å². The van der Waals surface area contributed by atoms with E-state index in [1.165, 1.54) is 5.56 Å². The van der Waals surface area contributed by atoms with Gasteiger partial charge in [-0.3, -0.25) is 4.99 Å². The Morgan fingerprint density at radius 1 is 1.42 bits per heavy atom. The molecule has 0 spiro atoms. The molecule has 0 aromatic heterocycles. The first-order valence-corrected chi connectivity index (χ1v) is 7.12. The van der Waals surface area contributed by atoms with Gasteiger partial charge in [-0.05, 0) is 30.5 Å². The number of nitrogens with zero attached hydrogens (tertiary/aromatic N) is 1. The lowest BCUT2D eigenvalue weighted by atomic mass is 10.2. The molecule has 2 rings (SSSR count). The minimum Gasteiger partial charge on any atom is -0.494 e. The number of guanidine groups is 1. The molecule has 0 bridgehead atoms. The van der Waals surface area contributed by atoms with Gasteiger partial charge in [0.1, 0.15) is 5.75 Å². The monoisotopic (exact) mass is 261 g/mol. The van der Waals surface area contributed by atoms with Crippen molar-refractivity contribution < 1.29 is 4.74 Å². The normalized spacial score (nSPS) is 14.5. The zero-order valence-corrected chi connectivity index (χ0v) is 11.6. The van der Waals surface area contributed by atoms with Gasteiger partial charge in [0.15, 0.2) is 5.96 Å². The quantitative estimate of drug-likeness (QED) is 0.772. The van der Waals surface area contributed by atoms with Crippen molar-refractivity contribution in [2.45, 2.75) is 32.7 Å². The second-order valence-corrected chi connectivity index (χ2v) is 4.71. The standard InChI is InChI=1S/C15H23N3O/c1-2-3-10-19-14-7-4-6-13(11-14)12-18-15-16-8-5-9-17-15/h4,6-7,11H,2-3,5,8-10,12H2,1H3,(H2,16,17,18). The third-order valence-corrected chi connectivity index (χ3v) is 3.02. The topological polar surface area (TPSA) is 45.6 Å². The molecular weight excluding hydrogens is 238 g/mol. The smallest absolute Gasteiger partial charge is 0.191 e. The summed E-state index contributed by atoms with van der Waals surface area (Å²) in [5, 5.41) is 6.57. The first-order valence-electron chi connectivity index (χ1n) is 7.12. The van der Waals surface area contributed by atoms with Crippen molar-refractivity contribution >= 4 is 5.96 Å². The highest BCUT2D eigenvalue weighted by Gasteiger charge is 2.03. The van der Waals surface area contributed by atoms with Crippen molar-refractivity contribution in [3.05, 3.63) is 29.8 Å². The molecule has 1 heterocycles. The van der Waals surface area contributed by atoms with E-state index in [0.717, 1.165) is 57.2 Å². The van der Waals surface area contributed by atoms with Crippen LogP contribution in [0.5, 0.6) is 5.75 Å². The van der Waals surface area contributed by atoms with Crippen molar-refractivity contribution in [1.29, 1.82) is 0 Å². The van der Waals surface area contributed by atoms with Crippen LogP contribution in [0.4, 0.5) is 0 Å². The van der Waals surface area contributed by atoms with Gasteiger partial charge in [-0.1, -0.05) is 25.5 Å². The number of unbranched alkanes of at least 4 members (excludes halogenated alkanes) is 1. The van der Waals surface area contributed by atoms with E-state index in [-0.39, 0.29) is 0 Å². The fourth-order valence-electron chi connectivity index (χ4n) is 1.92. The van der Waals surface area contributed by atoms with Crippen LogP contribution in [0.1, 0.15) is 31.7 Å². The van der Waals surface area contributed by atoms with Gasteiger partial charge < -0.3 is 15.4 Å². The van der Waals surface area contributed by atoms with Gasteiger partial charge >= 0.3 is 0 Å². The molecule has 0 saturated heterocycles. The lowest BCUT2D eigenvalue weighted by molar-refractivity contribution is 0.309. The van der Waals surface area contributed by atoms with E-state index in [1.807, 2.05) is 12.1 Å². The second kappa shape index (κ2) is 7.67. The van der Waals surface area contributed by atoms with Crippen LogP contribution in [0.25, 0.3) is 0 Å². The van der Waals surface area contributed by atoms with E-state index in [1.54, 1.807) is 0 Å². The summed E-state index contributed by atoms with van der Waals surface area (Å²) in [5.74, 6) is 1.86. The minimum absolute atomic E-state index is 0.775. The molecule has 0 atom stereocenters. The van der Waals surface area contributed by atoms with E-state index in [0.29, 0.717) is 0 Å². The van der Waals surface area contributed by atoms with Crippen molar-refractivity contribution in [2.24, 2.45) is 4.99 Å². The largest absolute Gasteiger partial charge is 0.494 e. The molecule has 4 heteroatoms. The Hall–Kier alpha value is -1.71. The Morgan fingerprint density at radius 3 is 3.16 bits per heavy atom. The highest BCUT2D eigenvalue weighted by atomic mass is 16.5. The predicted octanol–water partition coefficient (Wildman–Crippen LogP) is 2.30. The summed E-state index contributed by atoms with van der Waals surface area (Å²) < 4.78 is 5.71. The van der Waals surface area contributed by atoms with E-state index in [4.69, 9.17) is 4.74 Å². The number of nitrogens with one attached hydrogen (secondary N) is 2. The summed E-state index contributed by atoms with van der Waals surface area (Å²) in [7, 11) is 0. The summed E-state index contributed by atoms with van der Waals surface area (Å²) >= 11 is 0. The lowest BCUT2D eigenvalue weighted by Crippen LogP contribution is -2.40. The highest BCUT2D eigenvalue weighted by molar-refractivity contribution is 5.80. The average Bonchev–Trinajstić information content (AvgIpc) is 2.47. The maximum atomic E-state index is 5.71. The van der Waals surface area contributed by atoms with E-state index in [2.05, 4.69) is 34.7 Å². The van der Waals surface area contributed by atoms with Gasteiger partial charge in [-0.15, -0.1) is 0 Å². The third kappa shape index (κ3) is 4.81. The van der Waals surface area contributed by atoms with Crippen LogP contribution in [-0.4, -0.2) is 25.7 Å². The van der Waals surface area contributed by atoms with Gasteiger partial charge in [-0.2, -0.15) is 0 Å². The molecule has 104 valence electrons. The summed E-state index contributed by atoms with van der Waals surface area (Å²) in [6.45, 7) is 5.65. The number of rotatable bonds is 6. The Morgan fingerprint density at radius 2 is 2.37 bits per heavy atom. The lowest BCUT2D eigenvalue weighted by Gasteiger charge is -2.16. The Bertz CT molecular complexity index is 418. The average molecular weight is 261 g/mol. The molecule has 1 aromatic carbocycles. The fourth-order valence-corrected chi connectivity index (χ4v) is 1.92. The first-order chi connectivity index (χ1) is 9.38. The highest BCUT2D eigenvalue weighted by Crippen LogP contribution is 2.13. The van der Waals surface area contributed by atoms with Crippen LogP contribution >= 0.6 is 0 Å². The van der Waals surface area contributed by atoms with E-state index in [9.17, 15) is 0 Å². The summed E-state index contributed by atoms with van der Waals surface area (Å²) in [6, 6.07) is 8.24. The van der Waals surface area contributed by atoms with Crippen LogP contribution in [0.2, 0.25) is 0 Å². The molecule has 0 saturated carbocycles. The molecule has 0 amide bonds. The molecule has 1 aliphatic heterocycles. The Labute approximate surface area is 115 Å². The van der Waals surface area contributed by atoms with E-state index < -0.39 is 0 Å². The summed E-state index contributed by atoms with van der Waals surface area (Å²) in [5.41, 5.74) is 1.21. The molecule has 0 fully saturated rings. The van der Waals surface area contributed by atoms with Crippen molar-refractivity contribution in [2.75, 3.05) is 19.7 Å². The molecule has 0 aliphatic carbocycles. The van der Waals surface area contributed by atoms with Crippen molar-refractivity contribution in [3.8, 4) is 5.75 Å². The molecular formula is C15H23N3O. The zero-order valence-electron chi connectivity index (χ0n) is 11.6. The van der Waals surface area contributed by atoms with Crippen molar-refractivity contribution in [3.63, 3.8) is 0 Å². The number of hydrogen-bond donors (Lipinski definition) is 2. The van der Waals surface area contributed by atoms with Crippen LogP contribution in [0.3, 0.4) is 0 Å². The second-order valence-electron chi connectivity index (χ2n) is 4.71. The zero-order chi connectivity index (χ0) is 13.3. The predicted molar refractivity (Wildman–Crippen MR) is 78.6 cm³/mol. The van der Waals surface area contributed by atoms with Gasteiger partial charge in [0.05, 0.1) is 6.61 Å². The molecule has 1 aliphatic rings. The van der Waals surface area contributed by atoms with Crippen LogP contribution in [0.15, 0.2) is 29.3 Å². The minimum atomic E-state index is 0.775. The molecule has 1 aromatic rings. The summed E-state index contributed by atoms with van der Waals surface area (Å²) in [4.78, 5) is 4.39. The maximum Gasteiger partial charge on any atom is 0.191 e. The number of aliphatic imine (C=N–C) groups is 1. The Kier molecular flexibility index (Phi) is 5.53. The number of benzene rings is 1. The van der Waals surface area contributed by atoms with Crippen LogP contribution in [-0.2, 0) is 6.54 Å². The third-order valence-electron chi connectivity index (χ3n) is 3.02. The molecule has 4 nitrogen and oxygen atoms in total. The van der Waals surface area contributed by atoms with Crippen LogP contribution < -0.4 is 15.4 Å². The SMILES string of the molecule is CCCCOc1cccc(CNC2=NCCCN2)c1. The van der Waals surface area contributed by atoms with Gasteiger partial charge in [0.25, 0.3) is 0 Å². The van der Waals surface area contributed by atoms with Gasteiger partial charge in [0, 0.05) is 19.6 Å². The summed E-state index contributed by atoms with van der Waals surface area (Å²) in [6.07, 6.45) is 3.38. The number of ether oxygens (including phenoxy) is 1.